The van der Waals surface area contributed by atoms with E-state index in [9.17, 15) is 9.90 Å². The summed E-state index contributed by atoms with van der Waals surface area (Å²) in [6.45, 7) is 10.8. The molecule has 0 aliphatic rings. The molecule has 1 amide bonds. The van der Waals surface area contributed by atoms with Crippen molar-refractivity contribution in [2.24, 2.45) is 0 Å². The summed E-state index contributed by atoms with van der Waals surface area (Å²) in [5.74, 6) is 0.314. The standard InChI is InChI=1S/C18H25N3O2/c1-12(2)16-10-15(20-21(16)18(3,4)5)17(23)19-11-13-6-8-14(22)9-7-13/h6-10,12,22H,11H2,1-5H3,(H,19,23). The van der Waals surface area contributed by atoms with E-state index in [4.69, 9.17) is 0 Å². The number of aromatic hydroxyl groups is 1. The van der Waals surface area contributed by atoms with Crippen LogP contribution in [0.1, 0.15) is 62.3 Å². The summed E-state index contributed by atoms with van der Waals surface area (Å²) < 4.78 is 1.92. The quantitative estimate of drug-likeness (QED) is 0.908. The smallest absolute Gasteiger partial charge is 0.272 e. The average Bonchev–Trinajstić information content (AvgIpc) is 2.92. The fraction of sp³-hybridized carbons (Fsp3) is 0.444. The van der Waals surface area contributed by atoms with Crippen LogP contribution >= 0.6 is 0 Å². The van der Waals surface area contributed by atoms with Crippen LogP contribution in [0.25, 0.3) is 0 Å². The highest BCUT2D eigenvalue weighted by Crippen LogP contribution is 2.23. The number of carbonyl (C=O) groups excluding carboxylic acids is 1. The number of hydrogen-bond acceptors (Lipinski definition) is 3. The Kier molecular flexibility index (Phi) is 4.78. The van der Waals surface area contributed by atoms with Crippen molar-refractivity contribution in [3.8, 4) is 5.75 Å². The van der Waals surface area contributed by atoms with Crippen LogP contribution in [0.15, 0.2) is 30.3 Å². The zero-order chi connectivity index (χ0) is 17.2. The minimum absolute atomic E-state index is 0.172. The monoisotopic (exact) mass is 315 g/mol. The van der Waals surface area contributed by atoms with Gasteiger partial charge < -0.3 is 10.4 Å². The number of phenolic OH excluding ortho intramolecular Hbond substituents is 1. The molecule has 5 nitrogen and oxygen atoms in total. The van der Waals surface area contributed by atoms with Crippen LogP contribution in [-0.4, -0.2) is 20.8 Å². The van der Waals surface area contributed by atoms with Crippen molar-refractivity contribution in [2.45, 2.75) is 52.6 Å². The molecule has 0 fully saturated rings. The lowest BCUT2D eigenvalue weighted by atomic mass is 10.1. The molecule has 0 aliphatic heterocycles. The van der Waals surface area contributed by atoms with E-state index in [0.717, 1.165) is 11.3 Å². The highest BCUT2D eigenvalue weighted by Gasteiger charge is 2.23. The van der Waals surface area contributed by atoms with Gasteiger partial charge in [0.15, 0.2) is 0 Å². The number of hydrogen-bond donors (Lipinski definition) is 2. The van der Waals surface area contributed by atoms with Crippen LogP contribution < -0.4 is 5.32 Å². The van der Waals surface area contributed by atoms with E-state index >= 15 is 0 Å². The SMILES string of the molecule is CC(C)c1cc(C(=O)NCc2ccc(O)cc2)nn1C(C)(C)C. The number of nitrogens with zero attached hydrogens (tertiary/aromatic N) is 2. The Balaban J connectivity index is 2.14. The van der Waals surface area contributed by atoms with Gasteiger partial charge in [-0.3, -0.25) is 9.48 Å². The third-order valence-corrected chi connectivity index (χ3v) is 3.59. The number of amides is 1. The van der Waals surface area contributed by atoms with E-state index < -0.39 is 0 Å². The third kappa shape index (κ3) is 4.12. The van der Waals surface area contributed by atoms with Gasteiger partial charge in [-0.1, -0.05) is 26.0 Å². The first kappa shape index (κ1) is 17.1. The molecule has 124 valence electrons. The third-order valence-electron chi connectivity index (χ3n) is 3.59. The zero-order valence-corrected chi connectivity index (χ0v) is 14.4. The topological polar surface area (TPSA) is 67.2 Å². The molecular weight excluding hydrogens is 290 g/mol. The van der Waals surface area contributed by atoms with E-state index in [1.807, 2.05) is 10.7 Å². The molecule has 0 saturated heterocycles. The average molecular weight is 315 g/mol. The van der Waals surface area contributed by atoms with Gasteiger partial charge in [-0.15, -0.1) is 0 Å². The largest absolute Gasteiger partial charge is 0.508 e. The maximum absolute atomic E-state index is 12.4. The number of carbonyl (C=O) groups is 1. The summed E-state index contributed by atoms with van der Waals surface area (Å²) in [7, 11) is 0. The molecule has 2 aromatic rings. The van der Waals surface area contributed by atoms with Crippen LogP contribution in [0.3, 0.4) is 0 Å². The molecule has 1 aromatic carbocycles. The Labute approximate surface area is 137 Å². The minimum atomic E-state index is -0.192. The predicted octanol–water partition coefficient (Wildman–Crippen LogP) is 3.40. The van der Waals surface area contributed by atoms with Crippen molar-refractivity contribution >= 4 is 5.91 Å². The predicted molar refractivity (Wildman–Crippen MR) is 90.6 cm³/mol. The van der Waals surface area contributed by atoms with Crippen molar-refractivity contribution in [1.29, 1.82) is 0 Å². The second-order valence-electron chi connectivity index (χ2n) is 7.04. The Morgan fingerprint density at radius 1 is 1.26 bits per heavy atom. The first-order valence-corrected chi connectivity index (χ1v) is 7.85. The molecule has 1 aromatic heterocycles. The molecule has 2 rings (SSSR count). The van der Waals surface area contributed by atoms with Gasteiger partial charge in [-0.2, -0.15) is 5.10 Å². The van der Waals surface area contributed by atoms with E-state index in [1.165, 1.54) is 0 Å². The van der Waals surface area contributed by atoms with Crippen molar-refractivity contribution in [3.05, 3.63) is 47.3 Å². The highest BCUT2D eigenvalue weighted by molar-refractivity contribution is 5.92. The second-order valence-corrected chi connectivity index (χ2v) is 7.04. The number of nitrogens with one attached hydrogen (secondary N) is 1. The van der Waals surface area contributed by atoms with Crippen molar-refractivity contribution < 1.29 is 9.90 Å². The molecule has 2 N–H and O–H groups in total. The van der Waals surface area contributed by atoms with Crippen LogP contribution in [0.4, 0.5) is 0 Å². The fourth-order valence-corrected chi connectivity index (χ4v) is 2.34. The van der Waals surface area contributed by atoms with Gasteiger partial charge in [0, 0.05) is 12.2 Å². The van der Waals surface area contributed by atoms with Gasteiger partial charge in [-0.05, 0) is 50.5 Å². The molecule has 0 unspecified atom stereocenters. The van der Waals surface area contributed by atoms with Gasteiger partial charge in [0.05, 0.1) is 5.54 Å². The maximum Gasteiger partial charge on any atom is 0.272 e. The first-order chi connectivity index (χ1) is 10.7. The summed E-state index contributed by atoms with van der Waals surface area (Å²) in [5.41, 5.74) is 2.24. The Morgan fingerprint density at radius 3 is 2.35 bits per heavy atom. The van der Waals surface area contributed by atoms with Gasteiger partial charge in [-0.25, -0.2) is 0 Å². The fourth-order valence-electron chi connectivity index (χ4n) is 2.34. The number of phenols is 1. The molecule has 0 radical (unpaired) electrons. The molecule has 1 heterocycles. The van der Waals surface area contributed by atoms with E-state index in [2.05, 4.69) is 45.0 Å². The van der Waals surface area contributed by atoms with Gasteiger partial charge >= 0.3 is 0 Å². The molecule has 5 heteroatoms. The van der Waals surface area contributed by atoms with Crippen LogP contribution in [-0.2, 0) is 12.1 Å². The van der Waals surface area contributed by atoms with Gasteiger partial charge in [0.25, 0.3) is 5.91 Å². The van der Waals surface area contributed by atoms with Gasteiger partial charge in [0.1, 0.15) is 11.4 Å². The molecule has 0 bridgehead atoms. The van der Waals surface area contributed by atoms with Crippen LogP contribution in [0.5, 0.6) is 5.75 Å². The van der Waals surface area contributed by atoms with E-state index in [0.29, 0.717) is 18.2 Å². The summed E-state index contributed by atoms with van der Waals surface area (Å²) >= 11 is 0. The van der Waals surface area contributed by atoms with Crippen LogP contribution in [0.2, 0.25) is 0 Å². The first-order valence-electron chi connectivity index (χ1n) is 7.85. The maximum atomic E-state index is 12.4. The van der Waals surface area contributed by atoms with Crippen molar-refractivity contribution in [3.63, 3.8) is 0 Å². The Morgan fingerprint density at radius 2 is 1.87 bits per heavy atom. The molecule has 0 atom stereocenters. The summed E-state index contributed by atoms with van der Waals surface area (Å²) in [6.07, 6.45) is 0. The lowest BCUT2D eigenvalue weighted by Crippen LogP contribution is -2.27. The number of rotatable bonds is 4. The summed E-state index contributed by atoms with van der Waals surface area (Å²) in [4.78, 5) is 12.4. The van der Waals surface area contributed by atoms with Crippen molar-refractivity contribution in [2.75, 3.05) is 0 Å². The normalized spacial score (nSPS) is 11.7. The van der Waals surface area contributed by atoms with E-state index in [1.54, 1.807) is 24.3 Å². The van der Waals surface area contributed by atoms with Crippen LogP contribution in [0, 0.1) is 0 Å². The number of benzene rings is 1. The molecule has 0 spiro atoms. The number of aromatic nitrogens is 2. The molecule has 0 aliphatic carbocycles. The second kappa shape index (κ2) is 6.44. The summed E-state index contributed by atoms with van der Waals surface area (Å²) in [5, 5.41) is 16.6. The minimum Gasteiger partial charge on any atom is -0.508 e. The summed E-state index contributed by atoms with van der Waals surface area (Å²) in [6, 6.07) is 8.63. The molecular formula is C18H25N3O2. The molecule has 23 heavy (non-hydrogen) atoms. The van der Waals surface area contributed by atoms with Crippen molar-refractivity contribution in [1.82, 2.24) is 15.1 Å². The van der Waals surface area contributed by atoms with Gasteiger partial charge in [0.2, 0.25) is 0 Å². The lowest BCUT2D eigenvalue weighted by molar-refractivity contribution is 0.0944. The lowest BCUT2D eigenvalue weighted by Gasteiger charge is -2.23. The zero-order valence-electron chi connectivity index (χ0n) is 14.4. The Bertz CT molecular complexity index is 679. The Hall–Kier alpha value is -2.30. The molecule has 0 saturated carbocycles. The van der Waals surface area contributed by atoms with E-state index in [-0.39, 0.29) is 17.2 Å². The highest BCUT2D eigenvalue weighted by atomic mass is 16.3.